The Kier molecular flexibility index (Phi) is 5.77. The van der Waals surface area contributed by atoms with Crippen LogP contribution in [0.15, 0.2) is 0 Å². The number of nitrogens with zero attached hydrogens (tertiary/aromatic N) is 1. The summed E-state index contributed by atoms with van der Waals surface area (Å²) < 4.78 is 5.33. The Morgan fingerprint density at radius 1 is 1.50 bits per heavy atom. The number of hydrogen-bond donors (Lipinski definition) is 1. The molecule has 1 saturated carbocycles. The maximum absolute atomic E-state index is 11.9. The van der Waals surface area contributed by atoms with Crippen molar-refractivity contribution >= 4 is 5.91 Å². The second-order valence-electron chi connectivity index (χ2n) is 4.61. The molecule has 0 unspecified atom stereocenters. The Morgan fingerprint density at radius 3 is 2.62 bits per heavy atom. The zero-order valence-electron chi connectivity index (χ0n) is 10.3. The van der Waals surface area contributed by atoms with Crippen LogP contribution in [-0.4, -0.2) is 47.8 Å². The van der Waals surface area contributed by atoms with Crippen LogP contribution in [-0.2, 0) is 9.53 Å². The predicted molar refractivity (Wildman–Crippen MR) is 62.1 cm³/mol. The first-order valence-corrected chi connectivity index (χ1v) is 6.17. The minimum absolute atomic E-state index is 0.0619. The van der Waals surface area contributed by atoms with E-state index in [9.17, 15) is 4.79 Å². The van der Waals surface area contributed by atoms with Crippen molar-refractivity contribution in [3.05, 3.63) is 0 Å². The first-order valence-electron chi connectivity index (χ1n) is 6.17. The van der Waals surface area contributed by atoms with Gasteiger partial charge in [0, 0.05) is 19.2 Å². The molecule has 0 aromatic carbocycles. The van der Waals surface area contributed by atoms with Crippen molar-refractivity contribution in [2.24, 2.45) is 0 Å². The van der Waals surface area contributed by atoms with Crippen LogP contribution in [0.3, 0.4) is 0 Å². The lowest BCUT2D eigenvalue weighted by molar-refractivity contribution is -0.141. The standard InChI is InChI=1S/C12H23NO3/c1-10(2)16-9-12(15)13(7-4-8-14)11-5-3-6-11/h10-11,14H,3-9H2,1-2H3. The maximum Gasteiger partial charge on any atom is 0.248 e. The van der Waals surface area contributed by atoms with E-state index in [-0.39, 0.29) is 25.2 Å². The average molecular weight is 229 g/mol. The number of amides is 1. The van der Waals surface area contributed by atoms with Crippen LogP contribution in [0.5, 0.6) is 0 Å². The monoisotopic (exact) mass is 229 g/mol. The molecule has 4 heteroatoms. The fraction of sp³-hybridized carbons (Fsp3) is 0.917. The molecule has 1 amide bonds. The third kappa shape index (κ3) is 4.10. The van der Waals surface area contributed by atoms with Crippen LogP contribution in [0.2, 0.25) is 0 Å². The number of aliphatic hydroxyl groups is 1. The Hall–Kier alpha value is -0.610. The third-order valence-corrected chi connectivity index (χ3v) is 2.93. The number of ether oxygens (including phenoxy) is 1. The van der Waals surface area contributed by atoms with E-state index in [0.717, 1.165) is 12.8 Å². The number of carbonyl (C=O) groups excluding carboxylic acids is 1. The summed E-state index contributed by atoms with van der Waals surface area (Å²) in [5, 5.41) is 8.82. The smallest absolute Gasteiger partial charge is 0.248 e. The van der Waals surface area contributed by atoms with Crippen molar-refractivity contribution in [3.63, 3.8) is 0 Å². The Morgan fingerprint density at radius 2 is 2.19 bits per heavy atom. The molecule has 0 spiro atoms. The first-order chi connectivity index (χ1) is 7.65. The molecular formula is C12H23NO3. The van der Waals surface area contributed by atoms with Gasteiger partial charge < -0.3 is 14.7 Å². The maximum atomic E-state index is 11.9. The molecule has 0 atom stereocenters. The topological polar surface area (TPSA) is 49.8 Å². The van der Waals surface area contributed by atoms with Gasteiger partial charge in [-0.1, -0.05) is 0 Å². The van der Waals surface area contributed by atoms with Crippen LogP contribution in [0, 0.1) is 0 Å². The van der Waals surface area contributed by atoms with Gasteiger partial charge in [0.05, 0.1) is 6.10 Å². The molecule has 1 rings (SSSR count). The minimum atomic E-state index is 0.0619. The Labute approximate surface area is 97.6 Å². The van der Waals surface area contributed by atoms with E-state index in [1.807, 2.05) is 18.7 Å². The van der Waals surface area contributed by atoms with E-state index in [4.69, 9.17) is 9.84 Å². The second-order valence-corrected chi connectivity index (χ2v) is 4.61. The van der Waals surface area contributed by atoms with Gasteiger partial charge in [-0.2, -0.15) is 0 Å². The van der Waals surface area contributed by atoms with Crippen LogP contribution in [0.1, 0.15) is 39.5 Å². The van der Waals surface area contributed by atoms with Crippen LogP contribution in [0.4, 0.5) is 0 Å². The summed E-state index contributed by atoms with van der Waals surface area (Å²) >= 11 is 0. The largest absolute Gasteiger partial charge is 0.396 e. The Bertz CT molecular complexity index is 214. The van der Waals surface area contributed by atoms with Crippen molar-refractivity contribution in [1.82, 2.24) is 4.90 Å². The van der Waals surface area contributed by atoms with Gasteiger partial charge in [0.2, 0.25) is 5.91 Å². The number of carbonyl (C=O) groups is 1. The van der Waals surface area contributed by atoms with Crippen LogP contribution < -0.4 is 0 Å². The van der Waals surface area contributed by atoms with E-state index in [1.54, 1.807) is 0 Å². The van der Waals surface area contributed by atoms with Crippen molar-refractivity contribution in [3.8, 4) is 0 Å². The van der Waals surface area contributed by atoms with E-state index >= 15 is 0 Å². The van der Waals surface area contributed by atoms with E-state index < -0.39 is 0 Å². The highest BCUT2D eigenvalue weighted by molar-refractivity contribution is 5.77. The van der Waals surface area contributed by atoms with Crippen LogP contribution >= 0.6 is 0 Å². The van der Waals surface area contributed by atoms with Crippen molar-refractivity contribution in [2.75, 3.05) is 19.8 Å². The summed E-state index contributed by atoms with van der Waals surface area (Å²) in [7, 11) is 0. The summed E-state index contributed by atoms with van der Waals surface area (Å²) in [4.78, 5) is 13.8. The molecule has 0 radical (unpaired) electrons. The summed E-state index contributed by atoms with van der Waals surface area (Å²) in [6.07, 6.45) is 4.14. The fourth-order valence-electron chi connectivity index (χ4n) is 1.77. The van der Waals surface area contributed by atoms with Crippen molar-refractivity contribution in [1.29, 1.82) is 0 Å². The normalized spacial score (nSPS) is 16.2. The van der Waals surface area contributed by atoms with Crippen molar-refractivity contribution in [2.45, 2.75) is 51.7 Å². The highest BCUT2D eigenvalue weighted by Gasteiger charge is 2.28. The molecule has 0 saturated heterocycles. The molecule has 0 aromatic rings. The number of hydrogen-bond acceptors (Lipinski definition) is 3. The second kappa shape index (κ2) is 6.86. The van der Waals surface area contributed by atoms with Gasteiger partial charge in [-0.25, -0.2) is 0 Å². The summed E-state index contributed by atoms with van der Waals surface area (Å²) in [5.41, 5.74) is 0. The highest BCUT2D eigenvalue weighted by atomic mass is 16.5. The average Bonchev–Trinajstić information content (AvgIpc) is 2.17. The molecule has 0 bridgehead atoms. The van der Waals surface area contributed by atoms with E-state index in [2.05, 4.69) is 0 Å². The van der Waals surface area contributed by atoms with Crippen LogP contribution in [0.25, 0.3) is 0 Å². The summed E-state index contributed by atoms with van der Waals surface area (Å²) in [6, 6.07) is 0.384. The lowest BCUT2D eigenvalue weighted by Crippen LogP contribution is -2.46. The van der Waals surface area contributed by atoms with E-state index in [0.29, 0.717) is 19.0 Å². The first kappa shape index (κ1) is 13.5. The molecule has 16 heavy (non-hydrogen) atoms. The molecule has 0 aromatic heterocycles. The van der Waals surface area contributed by atoms with Gasteiger partial charge >= 0.3 is 0 Å². The zero-order valence-corrected chi connectivity index (χ0v) is 10.3. The number of aliphatic hydroxyl groups excluding tert-OH is 1. The molecular weight excluding hydrogens is 206 g/mol. The van der Waals surface area contributed by atoms with Gasteiger partial charge in [-0.3, -0.25) is 4.79 Å². The molecule has 1 aliphatic rings. The third-order valence-electron chi connectivity index (χ3n) is 2.93. The van der Waals surface area contributed by atoms with Gasteiger partial charge in [0.15, 0.2) is 0 Å². The molecule has 1 fully saturated rings. The molecule has 1 N–H and O–H groups in total. The molecule has 1 aliphatic carbocycles. The minimum Gasteiger partial charge on any atom is -0.396 e. The van der Waals surface area contributed by atoms with Gasteiger partial charge in [-0.15, -0.1) is 0 Å². The lowest BCUT2D eigenvalue weighted by atomic mass is 9.91. The SMILES string of the molecule is CC(C)OCC(=O)N(CCCO)C1CCC1. The quantitative estimate of drug-likeness (QED) is 0.713. The van der Waals surface area contributed by atoms with Crippen molar-refractivity contribution < 1.29 is 14.6 Å². The number of rotatable bonds is 7. The van der Waals surface area contributed by atoms with Gasteiger partial charge in [-0.05, 0) is 39.5 Å². The Balaban J connectivity index is 2.37. The summed E-state index contributed by atoms with van der Waals surface area (Å²) in [5.74, 6) is 0.0619. The highest BCUT2D eigenvalue weighted by Crippen LogP contribution is 2.25. The summed E-state index contributed by atoms with van der Waals surface area (Å²) in [6.45, 7) is 4.81. The van der Waals surface area contributed by atoms with Gasteiger partial charge in [0.1, 0.15) is 6.61 Å². The lowest BCUT2D eigenvalue weighted by Gasteiger charge is -2.37. The van der Waals surface area contributed by atoms with E-state index in [1.165, 1.54) is 6.42 Å². The molecule has 4 nitrogen and oxygen atoms in total. The molecule has 0 heterocycles. The molecule has 0 aliphatic heterocycles. The molecule has 94 valence electrons. The van der Waals surface area contributed by atoms with Gasteiger partial charge in [0.25, 0.3) is 0 Å². The zero-order chi connectivity index (χ0) is 12.0. The fourth-order valence-corrected chi connectivity index (χ4v) is 1.77. The predicted octanol–water partition coefficient (Wildman–Crippen LogP) is 1.17.